The molecular weight excluding hydrogens is 274 g/mol. The minimum atomic E-state index is 0.313. The number of fused-ring (bicyclic) bond motifs is 1. The Morgan fingerprint density at radius 1 is 1.35 bits per heavy atom. The Labute approximate surface area is 124 Å². The van der Waals surface area contributed by atoms with Crippen molar-refractivity contribution in [3.8, 4) is 0 Å². The lowest BCUT2D eigenvalue weighted by Gasteiger charge is -2.38. The summed E-state index contributed by atoms with van der Waals surface area (Å²) in [5.41, 5.74) is 2.06. The zero-order valence-corrected chi connectivity index (χ0v) is 13.0. The molecule has 108 valence electrons. The zero-order valence-electron chi connectivity index (χ0n) is 12.2. The van der Waals surface area contributed by atoms with Crippen molar-refractivity contribution in [2.24, 2.45) is 5.41 Å². The fraction of sp³-hybridized carbons (Fsp3) is 0.643. The number of nitrogens with zero attached hydrogens (tertiary/aromatic N) is 5. The van der Waals surface area contributed by atoms with Crippen LogP contribution in [0.1, 0.15) is 39.3 Å². The molecule has 3 rings (SSSR count). The normalized spacial score (nSPS) is 18.7. The molecule has 0 bridgehead atoms. The fourth-order valence-corrected chi connectivity index (χ4v) is 3.14. The van der Waals surface area contributed by atoms with Crippen molar-refractivity contribution in [3.05, 3.63) is 17.0 Å². The van der Waals surface area contributed by atoms with E-state index in [0.717, 1.165) is 31.2 Å². The average Bonchev–Trinajstić information content (AvgIpc) is 2.84. The molecule has 0 unspecified atom stereocenters. The lowest BCUT2D eigenvalue weighted by molar-refractivity contribution is 0.290. The maximum absolute atomic E-state index is 6.14. The highest BCUT2D eigenvalue weighted by Crippen LogP contribution is 2.31. The van der Waals surface area contributed by atoms with Gasteiger partial charge in [0.2, 0.25) is 5.95 Å². The molecule has 1 aliphatic rings. The fourth-order valence-electron chi connectivity index (χ4n) is 2.97. The summed E-state index contributed by atoms with van der Waals surface area (Å²) in [5.74, 6) is 0.897. The van der Waals surface area contributed by atoms with E-state index in [4.69, 9.17) is 11.6 Å². The predicted octanol–water partition coefficient (Wildman–Crippen LogP) is 2.97. The van der Waals surface area contributed by atoms with Gasteiger partial charge in [0.1, 0.15) is 0 Å². The van der Waals surface area contributed by atoms with E-state index >= 15 is 0 Å². The third-order valence-electron chi connectivity index (χ3n) is 3.99. The SMILES string of the molecule is CCc1cnc(Cl)c2nnc(N3CCCC(C)(C)C3)n12. The first-order chi connectivity index (χ1) is 9.52. The number of aryl methyl sites for hydroxylation is 1. The smallest absolute Gasteiger partial charge is 0.232 e. The second-order valence-electron chi connectivity index (χ2n) is 6.24. The molecule has 2 aromatic rings. The highest BCUT2D eigenvalue weighted by atomic mass is 35.5. The van der Waals surface area contributed by atoms with Crippen molar-refractivity contribution >= 4 is 23.2 Å². The maximum Gasteiger partial charge on any atom is 0.232 e. The first-order valence-corrected chi connectivity index (χ1v) is 7.53. The Hall–Kier alpha value is -1.36. The topological polar surface area (TPSA) is 46.3 Å². The van der Waals surface area contributed by atoms with Gasteiger partial charge in [0.05, 0.1) is 0 Å². The lowest BCUT2D eigenvalue weighted by Crippen LogP contribution is -2.41. The molecule has 0 atom stereocenters. The van der Waals surface area contributed by atoms with Crippen molar-refractivity contribution in [1.29, 1.82) is 0 Å². The van der Waals surface area contributed by atoms with Gasteiger partial charge in [0, 0.05) is 25.0 Å². The van der Waals surface area contributed by atoms with E-state index in [1.807, 2.05) is 6.20 Å². The van der Waals surface area contributed by atoms with E-state index in [1.54, 1.807) is 0 Å². The number of anilines is 1. The van der Waals surface area contributed by atoms with Crippen LogP contribution in [0, 0.1) is 5.41 Å². The second kappa shape index (κ2) is 4.88. The Morgan fingerprint density at radius 2 is 2.15 bits per heavy atom. The molecule has 1 saturated heterocycles. The van der Waals surface area contributed by atoms with Gasteiger partial charge in [-0.1, -0.05) is 32.4 Å². The van der Waals surface area contributed by atoms with Gasteiger partial charge in [0.25, 0.3) is 0 Å². The molecule has 0 amide bonds. The van der Waals surface area contributed by atoms with Crippen molar-refractivity contribution in [2.75, 3.05) is 18.0 Å². The summed E-state index contributed by atoms with van der Waals surface area (Å²) in [4.78, 5) is 6.51. The van der Waals surface area contributed by atoms with Crippen LogP contribution in [0.25, 0.3) is 5.65 Å². The van der Waals surface area contributed by atoms with E-state index < -0.39 is 0 Å². The maximum atomic E-state index is 6.14. The summed E-state index contributed by atoms with van der Waals surface area (Å²) in [5, 5.41) is 9.01. The van der Waals surface area contributed by atoms with Crippen LogP contribution in [0.2, 0.25) is 5.15 Å². The van der Waals surface area contributed by atoms with Crippen molar-refractivity contribution in [3.63, 3.8) is 0 Å². The van der Waals surface area contributed by atoms with Gasteiger partial charge < -0.3 is 4.90 Å². The van der Waals surface area contributed by atoms with Gasteiger partial charge in [0.15, 0.2) is 10.8 Å². The molecule has 3 heterocycles. The van der Waals surface area contributed by atoms with Crippen LogP contribution in [0.4, 0.5) is 5.95 Å². The van der Waals surface area contributed by atoms with Gasteiger partial charge in [-0.2, -0.15) is 0 Å². The molecule has 5 nitrogen and oxygen atoms in total. The largest absolute Gasteiger partial charge is 0.340 e. The van der Waals surface area contributed by atoms with Crippen molar-refractivity contribution < 1.29 is 0 Å². The lowest BCUT2D eigenvalue weighted by atomic mass is 9.84. The highest BCUT2D eigenvalue weighted by Gasteiger charge is 2.29. The summed E-state index contributed by atoms with van der Waals surface area (Å²) in [6.07, 6.45) is 5.13. The summed E-state index contributed by atoms with van der Waals surface area (Å²) in [6.45, 7) is 8.73. The van der Waals surface area contributed by atoms with E-state index in [1.165, 1.54) is 12.8 Å². The third kappa shape index (κ3) is 2.24. The van der Waals surface area contributed by atoms with Gasteiger partial charge >= 0.3 is 0 Å². The van der Waals surface area contributed by atoms with Crippen LogP contribution in [-0.2, 0) is 6.42 Å². The average molecular weight is 294 g/mol. The molecule has 0 aliphatic carbocycles. The standard InChI is InChI=1S/C14H20ClN5/c1-4-10-8-16-11(15)12-17-18-13(20(10)12)19-7-5-6-14(2,3)9-19/h8H,4-7,9H2,1-3H3. The van der Waals surface area contributed by atoms with Crippen LogP contribution in [0.5, 0.6) is 0 Å². The van der Waals surface area contributed by atoms with Crippen LogP contribution >= 0.6 is 11.6 Å². The van der Waals surface area contributed by atoms with Gasteiger partial charge in [-0.3, -0.25) is 4.40 Å². The second-order valence-corrected chi connectivity index (χ2v) is 6.60. The molecule has 1 fully saturated rings. The minimum Gasteiger partial charge on any atom is -0.340 e. The van der Waals surface area contributed by atoms with Crippen LogP contribution in [0.15, 0.2) is 6.20 Å². The zero-order chi connectivity index (χ0) is 14.3. The molecule has 0 radical (unpaired) electrons. The van der Waals surface area contributed by atoms with Gasteiger partial charge in [-0.25, -0.2) is 4.98 Å². The highest BCUT2D eigenvalue weighted by molar-refractivity contribution is 6.32. The van der Waals surface area contributed by atoms with Crippen LogP contribution in [-0.4, -0.2) is 32.7 Å². The molecule has 2 aromatic heterocycles. The summed E-state index contributed by atoms with van der Waals surface area (Å²) >= 11 is 6.14. The van der Waals surface area contributed by atoms with Crippen molar-refractivity contribution in [2.45, 2.75) is 40.0 Å². The Kier molecular flexibility index (Phi) is 3.32. The number of hydrogen-bond donors (Lipinski definition) is 0. The number of rotatable bonds is 2. The van der Waals surface area contributed by atoms with E-state index in [9.17, 15) is 0 Å². The van der Waals surface area contributed by atoms with E-state index in [-0.39, 0.29) is 0 Å². The Morgan fingerprint density at radius 3 is 2.85 bits per heavy atom. The summed E-state index contributed by atoms with van der Waals surface area (Å²) in [7, 11) is 0. The molecular formula is C14H20ClN5. The first-order valence-electron chi connectivity index (χ1n) is 7.15. The monoisotopic (exact) mass is 293 g/mol. The van der Waals surface area contributed by atoms with Crippen molar-refractivity contribution in [1.82, 2.24) is 19.6 Å². The van der Waals surface area contributed by atoms with Gasteiger partial charge in [-0.05, 0) is 24.7 Å². The molecule has 1 aliphatic heterocycles. The predicted molar refractivity (Wildman–Crippen MR) is 80.4 cm³/mol. The van der Waals surface area contributed by atoms with E-state index in [2.05, 4.69) is 45.3 Å². The number of hydrogen-bond acceptors (Lipinski definition) is 4. The summed E-state index contributed by atoms with van der Waals surface area (Å²) in [6, 6.07) is 0. The first kappa shape index (κ1) is 13.6. The number of aromatic nitrogens is 4. The molecule has 0 spiro atoms. The Bertz CT molecular complexity index is 634. The molecule has 6 heteroatoms. The third-order valence-corrected chi connectivity index (χ3v) is 4.26. The number of piperidine rings is 1. The van der Waals surface area contributed by atoms with Gasteiger partial charge in [-0.15, -0.1) is 10.2 Å². The Balaban J connectivity index is 2.10. The van der Waals surface area contributed by atoms with E-state index in [0.29, 0.717) is 16.2 Å². The quantitative estimate of drug-likeness (QED) is 0.854. The molecule has 0 aromatic carbocycles. The summed E-state index contributed by atoms with van der Waals surface area (Å²) < 4.78 is 2.05. The molecule has 0 saturated carbocycles. The minimum absolute atomic E-state index is 0.313. The molecule has 0 N–H and O–H groups in total. The number of halogens is 1. The molecule has 20 heavy (non-hydrogen) atoms. The van der Waals surface area contributed by atoms with Crippen LogP contribution in [0.3, 0.4) is 0 Å². The van der Waals surface area contributed by atoms with Crippen LogP contribution < -0.4 is 4.90 Å².